The molecular formula is C12H15FN4OS. The minimum Gasteiger partial charge on any atom is -0.332 e. The number of halogens is 1. The van der Waals surface area contributed by atoms with E-state index in [1.165, 1.54) is 18.3 Å². The van der Waals surface area contributed by atoms with Gasteiger partial charge in [0.25, 0.3) is 0 Å². The van der Waals surface area contributed by atoms with E-state index in [2.05, 4.69) is 10.3 Å². The summed E-state index contributed by atoms with van der Waals surface area (Å²) in [6.07, 6.45) is 3.91. The molecule has 1 aromatic rings. The summed E-state index contributed by atoms with van der Waals surface area (Å²) in [6, 6.07) is 2.56. The molecule has 19 heavy (non-hydrogen) atoms. The molecule has 2 amide bonds. The van der Waals surface area contributed by atoms with Crippen molar-refractivity contribution in [3.63, 3.8) is 0 Å². The van der Waals surface area contributed by atoms with Gasteiger partial charge in [-0.05, 0) is 30.5 Å². The van der Waals surface area contributed by atoms with Crippen LogP contribution in [0.4, 0.5) is 9.18 Å². The monoisotopic (exact) mass is 282 g/mol. The number of urea groups is 1. The molecule has 5 nitrogen and oxygen atoms in total. The van der Waals surface area contributed by atoms with E-state index >= 15 is 0 Å². The lowest BCUT2D eigenvalue weighted by Crippen LogP contribution is -2.40. The standard InChI is InChI=1S/C12H15FN4OS/c13-9-2-1-5-15-10(9)8-16-12(18)17-6-7-19-11(17)3-4-14/h1-2,5-7,11H,3-4,8,14H2,(H,16,18). The smallest absolute Gasteiger partial charge is 0.322 e. The fraction of sp³-hybridized carbons (Fsp3) is 0.333. The van der Waals surface area contributed by atoms with E-state index in [0.717, 1.165) is 0 Å². The first-order valence-electron chi connectivity index (χ1n) is 5.90. The molecule has 3 N–H and O–H groups in total. The van der Waals surface area contributed by atoms with Crippen LogP contribution < -0.4 is 11.1 Å². The Balaban J connectivity index is 1.91. The van der Waals surface area contributed by atoms with Crippen molar-refractivity contribution in [3.05, 3.63) is 41.4 Å². The Morgan fingerprint density at radius 3 is 3.21 bits per heavy atom. The van der Waals surface area contributed by atoms with E-state index in [1.54, 1.807) is 22.9 Å². The lowest BCUT2D eigenvalue weighted by atomic mass is 10.3. The number of aromatic nitrogens is 1. The van der Waals surface area contributed by atoms with Gasteiger partial charge in [0.05, 0.1) is 17.6 Å². The van der Waals surface area contributed by atoms with Crippen molar-refractivity contribution in [2.75, 3.05) is 6.54 Å². The fourth-order valence-corrected chi connectivity index (χ4v) is 2.65. The summed E-state index contributed by atoms with van der Waals surface area (Å²) in [6.45, 7) is 0.577. The second-order valence-electron chi connectivity index (χ2n) is 3.95. The molecule has 102 valence electrons. The molecule has 0 saturated carbocycles. The average molecular weight is 282 g/mol. The Kier molecular flexibility index (Phi) is 4.75. The number of rotatable bonds is 4. The van der Waals surface area contributed by atoms with Gasteiger partial charge in [0.15, 0.2) is 0 Å². The van der Waals surface area contributed by atoms with E-state index in [1.807, 2.05) is 5.41 Å². The number of nitrogens with two attached hydrogens (primary N) is 1. The van der Waals surface area contributed by atoms with Crippen LogP contribution in [0, 0.1) is 5.82 Å². The van der Waals surface area contributed by atoms with Gasteiger partial charge in [0.1, 0.15) is 5.82 Å². The molecule has 0 bridgehead atoms. The Bertz CT molecular complexity index is 483. The molecule has 1 aromatic heterocycles. The van der Waals surface area contributed by atoms with Crippen molar-refractivity contribution < 1.29 is 9.18 Å². The number of pyridine rings is 1. The highest BCUT2D eigenvalue weighted by Gasteiger charge is 2.24. The summed E-state index contributed by atoms with van der Waals surface area (Å²) in [4.78, 5) is 17.4. The quantitative estimate of drug-likeness (QED) is 0.880. The van der Waals surface area contributed by atoms with Crippen molar-refractivity contribution in [1.82, 2.24) is 15.2 Å². The highest BCUT2D eigenvalue weighted by molar-refractivity contribution is 8.02. The zero-order valence-electron chi connectivity index (χ0n) is 10.3. The largest absolute Gasteiger partial charge is 0.332 e. The molecule has 0 radical (unpaired) electrons. The van der Waals surface area contributed by atoms with E-state index < -0.39 is 5.82 Å². The van der Waals surface area contributed by atoms with Crippen LogP contribution in [0.1, 0.15) is 12.1 Å². The first kappa shape index (κ1) is 13.8. The molecule has 0 fully saturated rings. The van der Waals surface area contributed by atoms with Crippen LogP contribution in [-0.4, -0.2) is 27.8 Å². The van der Waals surface area contributed by atoms with Gasteiger partial charge >= 0.3 is 6.03 Å². The number of hydrogen-bond donors (Lipinski definition) is 2. The van der Waals surface area contributed by atoms with Gasteiger partial charge in [-0.25, -0.2) is 9.18 Å². The minimum atomic E-state index is -0.423. The van der Waals surface area contributed by atoms with Crippen LogP contribution in [0.25, 0.3) is 0 Å². The summed E-state index contributed by atoms with van der Waals surface area (Å²) in [7, 11) is 0. The molecule has 2 rings (SSSR count). The van der Waals surface area contributed by atoms with E-state index in [0.29, 0.717) is 13.0 Å². The normalized spacial score (nSPS) is 17.8. The number of nitrogens with zero attached hydrogens (tertiary/aromatic N) is 2. The average Bonchev–Trinajstić information content (AvgIpc) is 2.86. The molecule has 1 unspecified atom stereocenters. The van der Waals surface area contributed by atoms with Crippen LogP contribution in [-0.2, 0) is 6.54 Å². The molecule has 0 aliphatic carbocycles. The van der Waals surface area contributed by atoms with Crippen molar-refractivity contribution in [2.45, 2.75) is 18.3 Å². The third-order valence-corrected chi connectivity index (χ3v) is 3.71. The summed E-state index contributed by atoms with van der Waals surface area (Å²) >= 11 is 1.54. The SMILES string of the molecule is NCCC1SC=CN1C(=O)NCc1ncccc1F. The number of hydrogen-bond acceptors (Lipinski definition) is 4. The zero-order chi connectivity index (χ0) is 13.7. The Labute approximate surface area is 115 Å². The van der Waals surface area contributed by atoms with Crippen LogP contribution in [0.15, 0.2) is 29.9 Å². The molecular weight excluding hydrogens is 267 g/mol. The molecule has 0 spiro atoms. The van der Waals surface area contributed by atoms with Crippen molar-refractivity contribution in [2.24, 2.45) is 5.73 Å². The number of nitrogens with one attached hydrogen (secondary N) is 1. The number of carbonyl (C=O) groups is 1. The number of thioether (sulfide) groups is 1. The second-order valence-corrected chi connectivity index (χ2v) is 5.04. The van der Waals surface area contributed by atoms with Crippen LogP contribution >= 0.6 is 11.8 Å². The van der Waals surface area contributed by atoms with Gasteiger partial charge in [-0.15, -0.1) is 11.8 Å². The van der Waals surface area contributed by atoms with E-state index in [-0.39, 0.29) is 23.6 Å². The highest BCUT2D eigenvalue weighted by atomic mass is 32.2. The lowest BCUT2D eigenvalue weighted by Gasteiger charge is -2.22. The summed E-state index contributed by atoms with van der Waals surface area (Å²) in [5, 5.41) is 4.51. The molecule has 2 heterocycles. The van der Waals surface area contributed by atoms with E-state index in [4.69, 9.17) is 5.73 Å². The zero-order valence-corrected chi connectivity index (χ0v) is 11.1. The lowest BCUT2D eigenvalue weighted by molar-refractivity contribution is 0.211. The van der Waals surface area contributed by atoms with Gasteiger partial charge in [0.2, 0.25) is 0 Å². The maximum Gasteiger partial charge on any atom is 0.322 e. The predicted octanol–water partition coefficient (Wildman–Crippen LogP) is 1.63. The van der Waals surface area contributed by atoms with Gasteiger partial charge < -0.3 is 11.1 Å². The van der Waals surface area contributed by atoms with Crippen LogP contribution in [0.2, 0.25) is 0 Å². The summed E-state index contributed by atoms with van der Waals surface area (Å²) < 4.78 is 13.4. The summed E-state index contributed by atoms with van der Waals surface area (Å²) in [5.41, 5.74) is 5.72. The van der Waals surface area contributed by atoms with Gasteiger partial charge in [-0.1, -0.05) is 0 Å². The fourth-order valence-electron chi connectivity index (χ4n) is 1.70. The Morgan fingerprint density at radius 2 is 2.47 bits per heavy atom. The molecule has 1 aliphatic rings. The van der Waals surface area contributed by atoms with Gasteiger partial charge in [-0.2, -0.15) is 0 Å². The first-order chi connectivity index (χ1) is 9.22. The molecule has 0 saturated heterocycles. The molecule has 1 atom stereocenters. The van der Waals surface area contributed by atoms with Gasteiger partial charge in [-0.3, -0.25) is 9.88 Å². The minimum absolute atomic E-state index is 0.0126. The van der Waals surface area contributed by atoms with Crippen molar-refractivity contribution in [3.8, 4) is 0 Å². The first-order valence-corrected chi connectivity index (χ1v) is 6.84. The van der Waals surface area contributed by atoms with E-state index in [9.17, 15) is 9.18 Å². The highest BCUT2D eigenvalue weighted by Crippen LogP contribution is 2.27. The van der Waals surface area contributed by atoms with Crippen molar-refractivity contribution in [1.29, 1.82) is 0 Å². The third-order valence-electron chi connectivity index (χ3n) is 2.66. The predicted molar refractivity (Wildman–Crippen MR) is 72.5 cm³/mol. The van der Waals surface area contributed by atoms with Crippen molar-refractivity contribution >= 4 is 17.8 Å². The molecule has 7 heteroatoms. The molecule has 0 aromatic carbocycles. The Morgan fingerprint density at radius 1 is 1.63 bits per heavy atom. The third kappa shape index (κ3) is 3.45. The molecule has 1 aliphatic heterocycles. The number of carbonyl (C=O) groups excluding carboxylic acids is 1. The van der Waals surface area contributed by atoms with Crippen LogP contribution in [0.3, 0.4) is 0 Å². The summed E-state index contributed by atoms with van der Waals surface area (Å²) in [5.74, 6) is -0.423. The Hall–Kier alpha value is -1.60. The van der Waals surface area contributed by atoms with Gasteiger partial charge in [0, 0.05) is 12.4 Å². The van der Waals surface area contributed by atoms with Crippen LogP contribution in [0.5, 0.6) is 0 Å². The maximum absolute atomic E-state index is 13.4. The number of amides is 2. The second kappa shape index (κ2) is 6.53. The maximum atomic E-state index is 13.4. The topological polar surface area (TPSA) is 71.2 Å².